The number of para-hydroxylation sites is 1. The molecule has 31 heavy (non-hydrogen) atoms. The number of hydrogen-bond acceptors (Lipinski definition) is 5. The highest BCUT2D eigenvalue weighted by Crippen LogP contribution is 2.56. The molecule has 0 bridgehead atoms. The number of nitrogens with zero attached hydrogens (tertiary/aromatic N) is 1. The fourth-order valence-corrected chi connectivity index (χ4v) is 5.90. The van der Waals surface area contributed by atoms with Crippen molar-refractivity contribution in [3.05, 3.63) is 68.4 Å². The lowest BCUT2D eigenvalue weighted by atomic mass is 9.77. The molecule has 2 aromatic carbocycles. The predicted molar refractivity (Wildman–Crippen MR) is 111 cm³/mol. The van der Waals surface area contributed by atoms with Crippen molar-refractivity contribution in [2.45, 2.75) is 18.1 Å². The van der Waals surface area contributed by atoms with E-state index in [4.69, 9.17) is 25.8 Å². The number of benzene rings is 2. The normalized spacial score (nSPS) is 20.8. The van der Waals surface area contributed by atoms with E-state index in [0.29, 0.717) is 40.2 Å². The summed E-state index contributed by atoms with van der Waals surface area (Å²) in [5.74, 6) is 1.79. The number of anilines is 1. The summed E-state index contributed by atoms with van der Waals surface area (Å²) >= 11 is 7.44. The van der Waals surface area contributed by atoms with Crippen molar-refractivity contribution in [1.82, 2.24) is 0 Å². The number of hydrogen-bond donors (Lipinski definition) is 0. The Labute approximate surface area is 184 Å². The van der Waals surface area contributed by atoms with Crippen LogP contribution in [0.2, 0.25) is 4.34 Å². The quantitative estimate of drug-likeness (QED) is 0.475. The molecule has 3 aliphatic heterocycles. The Hall–Kier alpha value is -2.58. The average molecular weight is 466 g/mol. The van der Waals surface area contributed by atoms with Crippen LogP contribution in [-0.4, -0.2) is 19.9 Å². The SMILES string of the molecule is FC(F)(F)c1cccc2c1N(Cc1ccc(Cl)s1)CC21COc2cc3c(cc21)OCO3. The van der Waals surface area contributed by atoms with Gasteiger partial charge in [-0.05, 0) is 29.8 Å². The summed E-state index contributed by atoms with van der Waals surface area (Å²) in [5, 5.41) is 0. The van der Waals surface area contributed by atoms with E-state index in [2.05, 4.69) is 0 Å². The third-order valence-corrected chi connectivity index (χ3v) is 7.29. The second-order valence-electron chi connectivity index (χ2n) is 7.83. The summed E-state index contributed by atoms with van der Waals surface area (Å²) in [4.78, 5) is 2.69. The minimum absolute atomic E-state index is 0.116. The third kappa shape index (κ3) is 2.81. The van der Waals surface area contributed by atoms with Gasteiger partial charge in [0.2, 0.25) is 6.79 Å². The number of rotatable bonds is 2. The van der Waals surface area contributed by atoms with E-state index in [9.17, 15) is 13.2 Å². The smallest absolute Gasteiger partial charge is 0.418 e. The standard InChI is InChI=1S/C22H15ClF3NO3S/c23-19-5-4-12(31-19)8-27-9-21(13-2-1-3-14(20(13)27)22(24,25)26)10-28-16-7-18-17(6-15(16)21)29-11-30-18/h1-7H,8-11H2. The average Bonchev–Trinajstić information content (AvgIpc) is 3.49. The van der Waals surface area contributed by atoms with Crippen LogP contribution in [-0.2, 0) is 18.1 Å². The highest BCUT2D eigenvalue weighted by Gasteiger charge is 2.53. The first-order chi connectivity index (χ1) is 14.8. The van der Waals surface area contributed by atoms with Gasteiger partial charge >= 0.3 is 6.18 Å². The van der Waals surface area contributed by atoms with Crippen LogP contribution in [0, 0.1) is 0 Å². The van der Waals surface area contributed by atoms with Crippen LogP contribution in [0.4, 0.5) is 18.9 Å². The van der Waals surface area contributed by atoms with E-state index in [1.165, 1.54) is 17.4 Å². The zero-order valence-corrected chi connectivity index (χ0v) is 17.5. The van der Waals surface area contributed by atoms with Crippen LogP contribution in [0.15, 0.2) is 42.5 Å². The van der Waals surface area contributed by atoms with Crippen LogP contribution in [0.25, 0.3) is 0 Å². The van der Waals surface area contributed by atoms with Gasteiger partial charge in [0.05, 0.1) is 27.5 Å². The Kier molecular flexibility index (Phi) is 3.99. The van der Waals surface area contributed by atoms with Crippen molar-refractivity contribution < 1.29 is 27.4 Å². The molecule has 0 fully saturated rings. The van der Waals surface area contributed by atoms with Crippen LogP contribution < -0.4 is 19.1 Å². The lowest BCUT2D eigenvalue weighted by Gasteiger charge is -2.25. The topological polar surface area (TPSA) is 30.9 Å². The fraction of sp³-hybridized carbons (Fsp3) is 0.273. The van der Waals surface area contributed by atoms with E-state index < -0.39 is 17.2 Å². The van der Waals surface area contributed by atoms with Gasteiger partial charge in [-0.1, -0.05) is 23.7 Å². The van der Waals surface area contributed by atoms with Gasteiger partial charge in [0, 0.05) is 23.1 Å². The molecular formula is C22H15ClF3NO3S. The van der Waals surface area contributed by atoms with Crippen molar-refractivity contribution >= 4 is 28.6 Å². The number of halogens is 4. The number of alkyl halides is 3. The largest absolute Gasteiger partial charge is 0.492 e. The van der Waals surface area contributed by atoms with Gasteiger partial charge in [-0.15, -0.1) is 11.3 Å². The van der Waals surface area contributed by atoms with Gasteiger partial charge in [-0.2, -0.15) is 13.2 Å². The molecule has 0 amide bonds. The Morgan fingerprint density at radius 3 is 2.55 bits per heavy atom. The molecule has 0 saturated carbocycles. The van der Waals surface area contributed by atoms with Crippen molar-refractivity contribution in [1.29, 1.82) is 0 Å². The van der Waals surface area contributed by atoms with Gasteiger partial charge in [0.15, 0.2) is 11.5 Å². The molecular weight excluding hydrogens is 451 g/mol. The molecule has 6 rings (SSSR count). The number of thiophene rings is 1. The molecule has 4 heterocycles. The maximum absolute atomic E-state index is 14.0. The van der Waals surface area contributed by atoms with Crippen molar-refractivity contribution in [2.75, 3.05) is 24.8 Å². The zero-order valence-electron chi connectivity index (χ0n) is 16.0. The molecule has 3 aromatic rings. The first kappa shape index (κ1) is 19.1. The third-order valence-electron chi connectivity index (χ3n) is 6.07. The molecule has 0 N–H and O–H groups in total. The molecule has 160 valence electrons. The first-order valence-corrected chi connectivity index (χ1v) is 10.8. The Bertz CT molecular complexity index is 1210. The maximum Gasteiger partial charge on any atom is 0.418 e. The zero-order chi connectivity index (χ0) is 21.4. The summed E-state index contributed by atoms with van der Waals surface area (Å²) in [6.45, 7) is 1.06. The lowest BCUT2D eigenvalue weighted by Crippen LogP contribution is -2.35. The summed E-state index contributed by atoms with van der Waals surface area (Å²) in [5.41, 5.74) is 0.271. The molecule has 1 spiro atoms. The van der Waals surface area contributed by atoms with Crippen molar-refractivity contribution in [2.24, 2.45) is 0 Å². The summed E-state index contributed by atoms with van der Waals surface area (Å²) < 4.78 is 59.6. The fourth-order valence-electron chi connectivity index (χ4n) is 4.80. The van der Waals surface area contributed by atoms with Crippen LogP contribution in [0.1, 0.15) is 21.6 Å². The Balaban J connectivity index is 1.53. The van der Waals surface area contributed by atoms with E-state index in [-0.39, 0.29) is 19.1 Å². The molecule has 1 atom stereocenters. The monoisotopic (exact) mass is 465 g/mol. The van der Waals surface area contributed by atoms with E-state index in [1.54, 1.807) is 23.1 Å². The summed E-state index contributed by atoms with van der Waals surface area (Å²) in [7, 11) is 0. The predicted octanol–water partition coefficient (Wildman–Crippen LogP) is 5.85. The minimum atomic E-state index is -4.47. The van der Waals surface area contributed by atoms with Crippen LogP contribution in [0.5, 0.6) is 17.2 Å². The van der Waals surface area contributed by atoms with Gasteiger partial charge in [0.1, 0.15) is 12.4 Å². The van der Waals surface area contributed by atoms with E-state index in [0.717, 1.165) is 16.5 Å². The molecule has 9 heteroatoms. The Morgan fingerprint density at radius 1 is 1.00 bits per heavy atom. The van der Waals surface area contributed by atoms with Gasteiger partial charge in [-0.25, -0.2) is 0 Å². The molecule has 0 radical (unpaired) electrons. The summed E-state index contributed by atoms with van der Waals surface area (Å²) in [6.07, 6.45) is -4.47. The Morgan fingerprint density at radius 2 is 1.81 bits per heavy atom. The molecule has 1 aromatic heterocycles. The lowest BCUT2D eigenvalue weighted by molar-refractivity contribution is -0.137. The number of fused-ring (bicyclic) bond motifs is 5. The minimum Gasteiger partial charge on any atom is -0.492 e. The highest BCUT2D eigenvalue weighted by atomic mass is 35.5. The molecule has 4 nitrogen and oxygen atoms in total. The second kappa shape index (κ2) is 6.46. The molecule has 1 unspecified atom stereocenters. The molecule has 3 aliphatic rings. The van der Waals surface area contributed by atoms with E-state index in [1.807, 2.05) is 12.1 Å². The van der Waals surface area contributed by atoms with Crippen LogP contribution in [0.3, 0.4) is 0 Å². The maximum atomic E-state index is 14.0. The highest BCUT2D eigenvalue weighted by molar-refractivity contribution is 7.16. The van der Waals surface area contributed by atoms with Crippen LogP contribution >= 0.6 is 22.9 Å². The second-order valence-corrected chi connectivity index (χ2v) is 9.63. The first-order valence-electron chi connectivity index (χ1n) is 9.62. The van der Waals surface area contributed by atoms with Gasteiger partial charge in [0.25, 0.3) is 0 Å². The number of ether oxygens (including phenoxy) is 3. The molecule has 0 aliphatic carbocycles. The van der Waals surface area contributed by atoms with Gasteiger partial charge in [-0.3, -0.25) is 0 Å². The molecule has 0 saturated heterocycles. The van der Waals surface area contributed by atoms with Crippen molar-refractivity contribution in [3.8, 4) is 17.2 Å². The summed E-state index contributed by atoms with van der Waals surface area (Å²) in [6, 6.07) is 11.6. The van der Waals surface area contributed by atoms with Crippen molar-refractivity contribution in [3.63, 3.8) is 0 Å². The van der Waals surface area contributed by atoms with E-state index >= 15 is 0 Å². The van der Waals surface area contributed by atoms with Gasteiger partial charge < -0.3 is 19.1 Å².